The first kappa shape index (κ1) is 40.9. The molecule has 4 heteroatoms. The highest BCUT2D eigenvalue weighted by Gasteiger charge is 2.14. The molecule has 0 fully saturated rings. The summed E-state index contributed by atoms with van der Waals surface area (Å²) in [6, 6.07) is 0. The van der Waals surface area contributed by atoms with Crippen LogP contribution in [0, 0.1) is 0 Å². The van der Waals surface area contributed by atoms with Crippen molar-refractivity contribution in [2.75, 3.05) is 0 Å². The lowest BCUT2D eigenvalue weighted by atomic mass is 10.0. The number of carboxylic acids is 1. The molecule has 42 heavy (non-hydrogen) atoms. The molecule has 4 nitrogen and oxygen atoms in total. The molecule has 1 unspecified atom stereocenters. The molecule has 0 saturated heterocycles. The predicted molar refractivity (Wildman–Crippen MR) is 181 cm³/mol. The second kappa shape index (κ2) is 34.4. The van der Waals surface area contributed by atoms with E-state index < -0.39 is 5.97 Å². The van der Waals surface area contributed by atoms with Crippen LogP contribution in [0.5, 0.6) is 0 Å². The average molecular weight is 595 g/mol. The maximum Gasteiger partial charge on any atom is 0.306 e. The standard InChI is InChI=1S/C38H74O4/c1-3-5-7-9-10-11-12-13-14-15-16-21-24-27-31-35-38(41)42-36(32-28-8-6-4-2)33-29-25-22-19-17-18-20-23-26-30-34-37(39)40/h36H,3-35H2,1-2H3,(H,39,40). The average Bonchev–Trinajstić information content (AvgIpc) is 2.97. The van der Waals surface area contributed by atoms with Gasteiger partial charge < -0.3 is 9.84 Å². The van der Waals surface area contributed by atoms with E-state index in [1.165, 1.54) is 154 Å². The summed E-state index contributed by atoms with van der Waals surface area (Å²) < 4.78 is 5.98. The van der Waals surface area contributed by atoms with E-state index in [9.17, 15) is 9.59 Å². The fourth-order valence-electron chi connectivity index (χ4n) is 6.01. The molecule has 0 aliphatic rings. The van der Waals surface area contributed by atoms with Gasteiger partial charge in [0.15, 0.2) is 0 Å². The summed E-state index contributed by atoms with van der Waals surface area (Å²) in [6.07, 6.45) is 40.0. The molecule has 1 atom stereocenters. The van der Waals surface area contributed by atoms with Gasteiger partial charge >= 0.3 is 11.9 Å². The smallest absolute Gasteiger partial charge is 0.306 e. The third-order valence-corrected chi connectivity index (χ3v) is 8.83. The Labute approximate surface area is 262 Å². The van der Waals surface area contributed by atoms with Crippen LogP contribution in [-0.2, 0) is 14.3 Å². The van der Waals surface area contributed by atoms with Crippen molar-refractivity contribution >= 4 is 11.9 Å². The molecule has 0 rings (SSSR count). The zero-order valence-electron chi connectivity index (χ0n) is 28.6. The van der Waals surface area contributed by atoms with Gasteiger partial charge in [0.25, 0.3) is 0 Å². The number of ether oxygens (including phenoxy) is 1. The third-order valence-electron chi connectivity index (χ3n) is 8.83. The Kier molecular flexibility index (Phi) is 33.6. The Bertz CT molecular complexity index is 561. The molecule has 0 aromatic carbocycles. The van der Waals surface area contributed by atoms with Crippen molar-refractivity contribution in [2.24, 2.45) is 0 Å². The second-order valence-corrected chi connectivity index (χ2v) is 13.1. The highest BCUT2D eigenvalue weighted by atomic mass is 16.5. The van der Waals surface area contributed by atoms with Crippen LogP contribution in [-0.4, -0.2) is 23.1 Å². The largest absolute Gasteiger partial charge is 0.481 e. The van der Waals surface area contributed by atoms with Crippen LogP contribution in [0.1, 0.15) is 226 Å². The highest BCUT2D eigenvalue weighted by Crippen LogP contribution is 2.19. The van der Waals surface area contributed by atoms with Crippen LogP contribution in [0.3, 0.4) is 0 Å². The summed E-state index contributed by atoms with van der Waals surface area (Å²) in [5.74, 6) is -0.637. The van der Waals surface area contributed by atoms with Gasteiger partial charge in [-0.05, 0) is 38.5 Å². The highest BCUT2D eigenvalue weighted by molar-refractivity contribution is 5.69. The minimum absolute atomic E-state index is 0.0357. The Morgan fingerprint density at radius 1 is 0.429 bits per heavy atom. The molecular formula is C38H74O4. The van der Waals surface area contributed by atoms with Crippen molar-refractivity contribution in [2.45, 2.75) is 232 Å². The summed E-state index contributed by atoms with van der Waals surface area (Å²) in [6.45, 7) is 4.53. The number of carbonyl (C=O) groups excluding carboxylic acids is 1. The molecule has 0 bridgehead atoms. The zero-order chi connectivity index (χ0) is 30.8. The summed E-state index contributed by atoms with van der Waals surface area (Å²) in [4.78, 5) is 23.1. The quantitative estimate of drug-likeness (QED) is 0.0585. The predicted octanol–water partition coefficient (Wildman–Crippen LogP) is 12.9. The summed E-state index contributed by atoms with van der Waals surface area (Å²) in [5.41, 5.74) is 0. The summed E-state index contributed by atoms with van der Waals surface area (Å²) >= 11 is 0. The van der Waals surface area contributed by atoms with Gasteiger partial charge in [-0.25, -0.2) is 0 Å². The van der Waals surface area contributed by atoms with Crippen molar-refractivity contribution in [3.63, 3.8) is 0 Å². The van der Waals surface area contributed by atoms with Crippen LogP contribution in [0.25, 0.3) is 0 Å². The molecular weight excluding hydrogens is 520 g/mol. The van der Waals surface area contributed by atoms with Crippen molar-refractivity contribution in [1.82, 2.24) is 0 Å². The van der Waals surface area contributed by atoms with Gasteiger partial charge in [0.1, 0.15) is 6.10 Å². The fraction of sp³-hybridized carbons (Fsp3) is 0.947. The number of rotatable bonds is 35. The number of hydrogen-bond donors (Lipinski definition) is 1. The van der Waals surface area contributed by atoms with Crippen LogP contribution in [0.4, 0.5) is 0 Å². The maximum absolute atomic E-state index is 12.6. The number of carbonyl (C=O) groups is 2. The normalized spacial score (nSPS) is 12.0. The number of hydrogen-bond acceptors (Lipinski definition) is 3. The minimum Gasteiger partial charge on any atom is -0.481 e. The van der Waals surface area contributed by atoms with Gasteiger partial charge in [-0.15, -0.1) is 0 Å². The first-order chi connectivity index (χ1) is 20.6. The van der Waals surface area contributed by atoms with E-state index in [0.717, 1.165) is 44.9 Å². The van der Waals surface area contributed by atoms with Crippen LogP contribution < -0.4 is 0 Å². The van der Waals surface area contributed by atoms with Gasteiger partial charge in [0.05, 0.1) is 0 Å². The number of carboxylic acid groups (broad SMARTS) is 1. The van der Waals surface area contributed by atoms with Crippen molar-refractivity contribution in [3.8, 4) is 0 Å². The van der Waals surface area contributed by atoms with Crippen LogP contribution in [0.2, 0.25) is 0 Å². The fourth-order valence-corrected chi connectivity index (χ4v) is 6.01. The lowest BCUT2D eigenvalue weighted by Crippen LogP contribution is -2.18. The molecule has 0 aliphatic heterocycles. The van der Waals surface area contributed by atoms with Crippen molar-refractivity contribution in [3.05, 3.63) is 0 Å². The van der Waals surface area contributed by atoms with Gasteiger partial charge in [0, 0.05) is 12.8 Å². The topological polar surface area (TPSA) is 63.6 Å². The zero-order valence-corrected chi connectivity index (χ0v) is 28.6. The molecule has 0 radical (unpaired) electrons. The Morgan fingerprint density at radius 2 is 0.714 bits per heavy atom. The molecule has 0 saturated carbocycles. The molecule has 0 heterocycles. The lowest BCUT2D eigenvalue weighted by molar-refractivity contribution is -0.150. The van der Waals surface area contributed by atoms with E-state index in [1.807, 2.05) is 0 Å². The van der Waals surface area contributed by atoms with Gasteiger partial charge in [-0.3, -0.25) is 9.59 Å². The SMILES string of the molecule is CCCCCCCCCCCCCCCCCC(=O)OC(CCCCCC)CCCCCCCCCCCCC(=O)O. The molecule has 0 aliphatic carbocycles. The second-order valence-electron chi connectivity index (χ2n) is 13.1. The molecule has 0 aromatic heterocycles. The lowest BCUT2D eigenvalue weighted by Gasteiger charge is -2.18. The molecule has 0 spiro atoms. The van der Waals surface area contributed by atoms with Gasteiger partial charge in [-0.2, -0.15) is 0 Å². The monoisotopic (exact) mass is 595 g/mol. The van der Waals surface area contributed by atoms with Crippen molar-refractivity contribution < 1.29 is 19.4 Å². The molecule has 1 N–H and O–H groups in total. The van der Waals surface area contributed by atoms with E-state index >= 15 is 0 Å². The summed E-state index contributed by atoms with van der Waals surface area (Å²) in [5, 5.41) is 8.69. The van der Waals surface area contributed by atoms with E-state index in [2.05, 4.69) is 13.8 Å². The first-order valence-electron chi connectivity index (χ1n) is 19.0. The van der Waals surface area contributed by atoms with Gasteiger partial charge in [-0.1, -0.05) is 174 Å². The van der Waals surface area contributed by atoms with Crippen LogP contribution >= 0.6 is 0 Å². The first-order valence-corrected chi connectivity index (χ1v) is 19.0. The van der Waals surface area contributed by atoms with Crippen molar-refractivity contribution in [1.29, 1.82) is 0 Å². The Morgan fingerprint density at radius 3 is 1.07 bits per heavy atom. The maximum atomic E-state index is 12.6. The van der Waals surface area contributed by atoms with E-state index in [1.54, 1.807) is 0 Å². The third kappa shape index (κ3) is 33.4. The summed E-state index contributed by atoms with van der Waals surface area (Å²) in [7, 11) is 0. The number of aliphatic carboxylic acids is 1. The molecule has 0 amide bonds. The minimum atomic E-state index is -0.673. The van der Waals surface area contributed by atoms with E-state index in [0.29, 0.717) is 12.8 Å². The van der Waals surface area contributed by atoms with E-state index in [-0.39, 0.29) is 12.1 Å². The van der Waals surface area contributed by atoms with E-state index in [4.69, 9.17) is 9.84 Å². The number of esters is 1. The number of unbranched alkanes of at least 4 members (excludes halogenated alkanes) is 26. The Balaban J connectivity index is 3.77. The Hall–Kier alpha value is -1.06. The van der Waals surface area contributed by atoms with Gasteiger partial charge in [0.2, 0.25) is 0 Å². The van der Waals surface area contributed by atoms with Crippen LogP contribution in [0.15, 0.2) is 0 Å². The molecule has 0 aromatic rings. The molecule has 250 valence electrons.